The van der Waals surface area contributed by atoms with Crippen LogP contribution < -0.4 is 10.1 Å². The summed E-state index contributed by atoms with van der Waals surface area (Å²) >= 11 is 0. The first-order valence-corrected chi connectivity index (χ1v) is 4.80. The summed E-state index contributed by atoms with van der Waals surface area (Å²) in [7, 11) is 0. The Morgan fingerprint density at radius 2 is 2.14 bits per heavy atom. The standard InChI is InChI=1S/C11H13NO2/c13-8-10-11(6-7-12-10)14-9-4-2-1-3-5-9/h1-5,8,10-12H,6-7H2. The molecule has 0 radical (unpaired) electrons. The summed E-state index contributed by atoms with van der Waals surface area (Å²) < 4.78 is 5.69. The lowest BCUT2D eigenvalue weighted by atomic mass is 10.2. The van der Waals surface area contributed by atoms with Crippen molar-refractivity contribution in [1.82, 2.24) is 5.32 Å². The molecule has 0 saturated carbocycles. The number of para-hydroxylation sites is 1. The van der Waals surface area contributed by atoms with E-state index in [1.807, 2.05) is 30.3 Å². The molecular formula is C11H13NO2. The molecule has 2 atom stereocenters. The Kier molecular flexibility index (Phi) is 2.79. The lowest BCUT2D eigenvalue weighted by Gasteiger charge is -2.16. The molecular weight excluding hydrogens is 178 g/mol. The fourth-order valence-electron chi connectivity index (χ4n) is 1.65. The minimum absolute atomic E-state index is 0.0186. The van der Waals surface area contributed by atoms with E-state index in [-0.39, 0.29) is 12.1 Å². The van der Waals surface area contributed by atoms with E-state index in [9.17, 15) is 4.79 Å². The molecule has 0 aliphatic carbocycles. The Bertz CT molecular complexity index is 299. The second-order valence-electron chi connectivity index (χ2n) is 3.37. The van der Waals surface area contributed by atoms with E-state index in [1.54, 1.807) is 0 Å². The summed E-state index contributed by atoms with van der Waals surface area (Å²) in [6.07, 6.45) is 1.79. The Hall–Kier alpha value is -1.35. The quantitative estimate of drug-likeness (QED) is 0.724. The molecule has 1 N–H and O–H groups in total. The van der Waals surface area contributed by atoms with Crippen molar-refractivity contribution in [3.63, 3.8) is 0 Å². The predicted octanol–water partition coefficient (Wildman–Crippen LogP) is 0.995. The van der Waals surface area contributed by atoms with E-state index in [0.717, 1.165) is 25.0 Å². The number of hydrogen-bond donors (Lipinski definition) is 1. The van der Waals surface area contributed by atoms with Gasteiger partial charge in [0.2, 0.25) is 0 Å². The molecule has 1 fully saturated rings. The van der Waals surface area contributed by atoms with Crippen LogP contribution in [0.15, 0.2) is 30.3 Å². The van der Waals surface area contributed by atoms with Gasteiger partial charge in [-0.15, -0.1) is 0 Å². The number of rotatable bonds is 3. The molecule has 1 saturated heterocycles. The highest BCUT2D eigenvalue weighted by Crippen LogP contribution is 2.16. The molecule has 3 nitrogen and oxygen atoms in total. The second kappa shape index (κ2) is 4.24. The number of benzene rings is 1. The molecule has 2 rings (SSSR count). The van der Waals surface area contributed by atoms with Gasteiger partial charge in [-0.2, -0.15) is 0 Å². The summed E-state index contributed by atoms with van der Waals surface area (Å²) in [5.74, 6) is 0.827. The van der Waals surface area contributed by atoms with Crippen molar-refractivity contribution in [3.05, 3.63) is 30.3 Å². The van der Waals surface area contributed by atoms with E-state index in [2.05, 4.69) is 5.32 Å². The topological polar surface area (TPSA) is 38.3 Å². The van der Waals surface area contributed by atoms with Crippen LogP contribution in [0.2, 0.25) is 0 Å². The van der Waals surface area contributed by atoms with Gasteiger partial charge in [0.25, 0.3) is 0 Å². The molecule has 3 heteroatoms. The minimum atomic E-state index is -0.157. The third-order valence-corrected chi connectivity index (χ3v) is 2.39. The number of carbonyl (C=O) groups is 1. The Labute approximate surface area is 83.1 Å². The Morgan fingerprint density at radius 3 is 2.86 bits per heavy atom. The van der Waals surface area contributed by atoms with Gasteiger partial charge in [-0.1, -0.05) is 18.2 Å². The van der Waals surface area contributed by atoms with Gasteiger partial charge >= 0.3 is 0 Å². The molecule has 74 valence electrons. The number of nitrogens with one attached hydrogen (secondary N) is 1. The van der Waals surface area contributed by atoms with Crippen molar-refractivity contribution in [2.75, 3.05) is 6.54 Å². The van der Waals surface area contributed by atoms with Crippen LogP contribution in [0.3, 0.4) is 0 Å². The first-order chi connectivity index (χ1) is 6.90. The molecule has 1 aromatic rings. The third kappa shape index (κ3) is 1.93. The van der Waals surface area contributed by atoms with Crippen LogP contribution in [0.4, 0.5) is 0 Å². The fraction of sp³-hybridized carbons (Fsp3) is 0.364. The van der Waals surface area contributed by atoms with Crippen LogP contribution in [0.25, 0.3) is 0 Å². The SMILES string of the molecule is O=CC1NCCC1Oc1ccccc1. The fourth-order valence-corrected chi connectivity index (χ4v) is 1.65. The van der Waals surface area contributed by atoms with Gasteiger partial charge in [0, 0.05) is 0 Å². The van der Waals surface area contributed by atoms with Gasteiger partial charge in [0.05, 0.1) is 0 Å². The van der Waals surface area contributed by atoms with E-state index < -0.39 is 0 Å². The van der Waals surface area contributed by atoms with Crippen LogP contribution in [-0.2, 0) is 4.79 Å². The van der Waals surface area contributed by atoms with Gasteiger partial charge < -0.3 is 14.8 Å². The molecule has 0 amide bonds. The summed E-state index contributed by atoms with van der Waals surface area (Å²) in [5.41, 5.74) is 0. The normalized spacial score (nSPS) is 26.0. The van der Waals surface area contributed by atoms with E-state index >= 15 is 0 Å². The number of carbonyl (C=O) groups excluding carboxylic acids is 1. The van der Waals surface area contributed by atoms with Crippen molar-refractivity contribution in [1.29, 1.82) is 0 Å². The summed E-state index contributed by atoms with van der Waals surface area (Å²) in [6, 6.07) is 9.44. The lowest BCUT2D eigenvalue weighted by Crippen LogP contribution is -2.35. The van der Waals surface area contributed by atoms with Gasteiger partial charge in [-0.3, -0.25) is 0 Å². The van der Waals surface area contributed by atoms with Crippen molar-refractivity contribution < 1.29 is 9.53 Å². The van der Waals surface area contributed by atoms with Crippen molar-refractivity contribution >= 4 is 6.29 Å². The summed E-state index contributed by atoms with van der Waals surface area (Å²) in [6.45, 7) is 0.848. The van der Waals surface area contributed by atoms with Crippen LogP contribution >= 0.6 is 0 Å². The zero-order valence-corrected chi connectivity index (χ0v) is 7.85. The van der Waals surface area contributed by atoms with Gasteiger partial charge in [0.1, 0.15) is 24.2 Å². The maximum atomic E-state index is 10.7. The lowest BCUT2D eigenvalue weighted by molar-refractivity contribution is -0.110. The molecule has 1 heterocycles. The van der Waals surface area contributed by atoms with Crippen LogP contribution in [0, 0.1) is 0 Å². The molecule has 0 spiro atoms. The largest absolute Gasteiger partial charge is 0.488 e. The molecule has 0 bridgehead atoms. The van der Waals surface area contributed by atoms with E-state index in [4.69, 9.17) is 4.74 Å². The van der Waals surface area contributed by atoms with Crippen molar-refractivity contribution in [2.24, 2.45) is 0 Å². The summed E-state index contributed by atoms with van der Waals surface area (Å²) in [4.78, 5) is 10.7. The molecule has 14 heavy (non-hydrogen) atoms. The summed E-state index contributed by atoms with van der Waals surface area (Å²) in [5, 5.41) is 3.08. The van der Waals surface area contributed by atoms with E-state index in [1.165, 1.54) is 0 Å². The highest BCUT2D eigenvalue weighted by atomic mass is 16.5. The number of ether oxygens (including phenoxy) is 1. The highest BCUT2D eigenvalue weighted by Gasteiger charge is 2.27. The van der Waals surface area contributed by atoms with Crippen LogP contribution in [-0.4, -0.2) is 25.0 Å². The zero-order chi connectivity index (χ0) is 9.80. The minimum Gasteiger partial charge on any atom is -0.488 e. The smallest absolute Gasteiger partial charge is 0.140 e. The maximum Gasteiger partial charge on any atom is 0.140 e. The number of hydrogen-bond acceptors (Lipinski definition) is 3. The van der Waals surface area contributed by atoms with Gasteiger partial charge in [0.15, 0.2) is 0 Å². The molecule has 1 aliphatic heterocycles. The van der Waals surface area contributed by atoms with Gasteiger partial charge in [-0.25, -0.2) is 0 Å². The third-order valence-electron chi connectivity index (χ3n) is 2.39. The molecule has 2 unspecified atom stereocenters. The number of aldehydes is 1. The Balaban J connectivity index is 2.00. The zero-order valence-electron chi connectivity index (χ0n) is 7.85. The Morgan fingerprint density at radius 1 is 1.36 bits per heavy atom. The van der Waals surface area contributed by atoms with Crippen LogP contribution in [0.5, 0.6) is 5.75 Å². The first kappa shape index (κ1) is 9.21. The van der Waals surface area contributed by atoms with Crippen LogP contribution in [0.1, 0.15) is 6.42 Å². The molecule has 1 aromatic carbocycles. The first-order valence-electron chi connectivity index (χ1n) is 4.80. The highest BCUT2D eigenvalue weighted by molar-refractivity contribution is 5.59. The van der Waals surface area contributed by atoms with E-state index in [0.29, 0.717) is 0 Å². The van der Waals surface area contributed by atoms with Crippen molar-refractivity contribution in [2.45, 2.75) is 18.6 Å². The second-order valence-corrected chi connectivity index (χ2v) is 3.37. The average Bonchev–Trinajstić information content (AvgIpc) is 2.67. The van der Waals surface area contributed by atoms with Gasteiger partial charge in [-0.05, 0) is 25.1 Å². The molecule has 0 aromatic heterocycles. The molecule has 1 aliphatic rings. The maximum absolute atomic E-state index is 10.7. The monoisotopic (exact) mass is 191 g/mol. The predicted molar refractivity (Wildman–Crippen MR) is 53.3 cm³/mol. The van der Waals surface area contributed by atoms with Crippen molar-refractivity contribution in [3.8, 4) is 5.75 Å². The average molecular weight is 191 g/mol.